The van der Waals surface area contributed by atoms with Crippen LogP contribution in [-0.2, 0) is 4.79 Å². The molecule has 0 unspecified atom stereocenters. The Morgan fingerprint density at radius 2 is 1.39 bits per heavy atom. The number of nitrogens with zero attached hydrogens (tertiary/aromatic N) is 1. The number of quaternary nitrogens is 1. The zero-order chi connectivity index (χ0) is 17.6. The third kappa shape index (κ3) is 13.1. The van der Waals surface area contributed by atoms with Gasteiger partial charge in [0.25, 0.3) is 0 Å². The van der Waals surface area contributed by atoms with Crippen molar-refractivity contribution in [3.05, 3.63) is 0 Å². The van der Waals surface area contributed by atoms with Gasteiger partial charge in [-0.05, 0) is 6.42 Å². The summed E-state index contributed by atoms with van der Waals surface area (Å²) in [5, 5.41) is 11.9. The summed E-state index contributed by atoms with van der Waals surface area (Å²) in [5.74, 6) is 0.0913. The van der Waals surface area contributed by atoms with Gasteiger partial charge in [0.2, 0.25) is 5.91 Å². The van der Waals surface area contributed by atoms with E-state index >= 15 is 0 Å². The van der Waals surface area contributed by atoms with Gasteiger partial charge < -0.3 is 10.4 Å². The highest BCUT2D eigenvalue weighted by atomic mass is 16.4. The summed E-state index contributed by atoms with van der Waals surface area (Å²) >= 11 is 0. The molecule has 0 aromatic heterocycles. The smallest absolute Gasteiger partial charge is 0.435 e. The van der Waals surface area contributed by atoms with Crippen molar-refractivity contribution in [2.75, 3.05) is 27.2 Å². The molecule has 0 fully saturated rings. The Kier molecular flexibility index (Phi) is 12.7. The average Bonchev–Trinajstić information content (AvgIpc) is 2.50. The molecule has 23 heavy (non-hydrogen) atoms. The monoisotopic (exact) mass is 329 g/mol. The van der Waals surface area contributed by atoms with Gasteiger partial charge in [-0.3, -0.25) is 4.79 Å². The van der Waals surface area contributed by atoms with E-state index in [1.807, 2.05) is 0 Å². The molecule has 0 rings (SSSR count). The molecular weight excluding hydrogens is 292 g/mol. The van der Waals surface area contributed by atoms with E-state index < -0.39 is 6.09 Å². The van der Waals surface area contributed by atoms with Crippen LogP contribution >= 0.6 is 0 Å². The van der Waals surface area contributed by atoms with E-state index in [1.165, 1.54) is 44.9 Å². The molecule has 0 saturated carbocycles. The highest BCUT2D eigenvalue weighted by Crippen LogP contribution is 2.10. The maximum Gasteiger partial charge on any atom is 0.513 e. The first-order valence-electron chi connectivity index (χ1n) is 9.23. The number of carbonyl (C=O) groups excluding carboxylic acids is 1. The van der Waals surface area contributed by atoms with Gasteiger partial charge in [-0.15, -0.1) is 0 Å². The molecule has 136 valence electrons. The second kappa shape index (κ2) is 13.3. The van der Waals surface area contributed by atoms with Crippen LogP contribution < -0.4 is 5.32 Å². The largest absolute Gasteiger partial charge is 0.513 e. The van der Waals surface area contributed by atoms with Crippen LogP contribution in [0.15, 0.2) is 0 Å². The first-order chi connectivity index (χ1) is 10.9. The van der Waals surface area contributed by atoms with Gasteiger partial charge in [-0.1, -0.05) is 58.3 Å². The summed E-state index contributed by atoms with van der Waals surface area (Å²) in [5.41, 5.74) is 0. The van der Waals surface area contributed by atoms with Crippen molar-refractivity contribution in [2.45, 2.75) is 77.6 Å². The summed E-state index contributed by atoms with van der Waals surface area (Å²) in [4.78, 5) is 22.6. The van der Waals surface area contributed by atoms with Crippen molar-refractivity contribution in [3.63, 3.8) is 0 Å². The maximum atomic E-state index is 11.7. The first kappa shape index (κ1) is 21.9. The van der Waals surface area contributed by atoms with Crippen molar-refractivity contribution in [3.8, 4) is 0 Å². The molecule has 5 nitrogen and oxygen atoms in total. The molecule has 0 bridgehead atoms. The topological polar surface area (TPSA) is 66.4 Å². The highest BCUT2D eigenvalue weighted by Gasteiger charge is 2.24. The minimum atomic E-state index is -0.842. The Hall–Kier alpha value is -1.10. The van der Waals surface area contributed by atoms with Crippen LogP contribution in [0.4, 0.5) is 4.79 Å². The lowest BCUT2D eigenvalue weighted by molar-refractivity contribution is -0.816. The van der Waals surface area contributed by atoms with E-state index in [-0.39, 0.29) is 10.4 Å². The minimum absolute atomic E-state index is 0.0614. The molecule has 2 amide bonds. The number of nitrogens with one attached hydrogen (secondary N) is 1. The molecule has 0 heterocycles. The van der Waals surface area contributed by atoms with E-state index in [4.69, 9.17) is 5.11 Å². The number of hydrogen-bond acceptors (Lipinski definition) is 2. The van der Waals surface area contributed by atoms with Crippen LogP contribution in [-0.4, -0.2) is 48.8 Å². The summed E-state index contributed by atoms with van der Waals surface area (Å²) in [6.07, 6.45) is 11.7. The van der Waals surface area contributed by atoms with Crippen molar-refractivity contribution >= 4 is 12.0 Å². The van der Waals surface area contributed by atoms with Gasteiger partial charge in [-0.2, -0.15) is 4.79 Å². The highest BCUT2D eigenvalue weighted by molar-refractivity contribution is 5.75. The number of hydrogen-bond donors (Lipinski definition) is 2. The van der Waals surface area contributed by atoms with E-state index in [1.54, 1.807) is 14.1 Å². The molecule has 0 radical (unpaired) electrons. The zero-order valence-electron chi connectivity index (χ0n) is 15.4. The van der Waals surface area contributed by atoms with Crippen molar-refractivity contribution in [2.24, 2.45) is 0 Å². The molecule has 0 aliphatic heterocycles. The van der Waals surface area contributed by atoms with Crippen molar-refractivity contribution in [1.29, 1.82) is 0 Å². The minimum Gasteiger partial charge on any atom is -0.435 e. The third-order valence-electron chi connectivity index (χ3n) is 4.24. The van der Waals surface area contributed by atoms with Crippen LogP contribution in [0.25, 0.3) is 0 Å². The molecule has 0 saturated heterocycles. The Morgan fingerprint density at radius 1 is 0.870 bits per heavy atom. The van der Waals surface area contributed by atoms with Crippen LogP contribution in [0.3, 0.4) is 0 Å². The zero-order valence-corrected chi connectivity index (χ0v) is 15.4. The normalized spacial score (nSPS) is 11.4. The molecule has 0 aromatic rings. The quantitative estimate of drug-likeness (QED) is 0.371. The van der Waals surface area contributed by atoms with Crippen molar-refractivity contribution in [1.82, 2.24) is 5.32 Å². The standard InChI is InChI=1S/C18H36N2O3/c1-4-5-6-7-8-9-10-11-12-14-17(21)19-15-13-16-20(2,3)18(22)23/h4-16H2,1-3H3,(H-,19,21,22,23)/p+1. The Morgan fingerprint density at radius 3 is 1.91 bits per heavy atom. The van der Waals surface area contributed by atoms with E-state index in [0.717, 1.165) is 12.8 Å². The lowest BCUT2D eigenvalue weighted by atomic mass is 10.1. The summed E-state index contributed by atoms with van der Waals surface area (Å²) < 4.78 is -0.0614. The van der Waals surface area contributed by atoms with Crippen LogP contribution in [0.5, 0.6) is 0 Å². The molecule has 0 aromatic carbocycles. The predicted octanol–water partition coefficient (Wildman–Crippen LogP) is 4.17. The summed E-state index contributed by atoms with van der Waals surface area (Å²) in [6.45, 7) is 3.32. The molecule has 0 aliphatic carbocycles. The number of unbranched alkanes of at least 4 members (excludes halogenated alkanes) is 8. The molecule has 2 N–H and O–H groups in total. The number of carbonyl (C=O) groups is 2. The van der Waals surface area contributed by atoms with E-state index in [2.05, 4.69) is 12.2 Å². The molecule has 0 atom stereocenters. The predicted molar refractivity (Wildman–Crippen MR) is 94.5 cm³/mol. The fourth-order valence-electron chi connectivity index (χ4n) is 2.48. The van der Waals surface area contributed by atoms with E-state index in [9.17, 15) is 9.59 Å². The number of carboxylic acid groups (broad SMARTS) is 1. The molecule has 5 heteroatoms. The Balaban J connectivity index is 3.39. The Labute approximate surface area is 142 Å². The van der Waals surface area contributed by atoms with Crippen LogP contribution in [0.2, 0.25) is 0 Å². The molecule has 0 aliphatic rings. The third-order valence-corrected chi connectivity index (χ3v) is 4.24. The van der Waals surface area contributed by atoms with Gasteiger partial charge in [0.05, 0.1) is 20.6 Å². The van der Waals surface area contributed by atoms with Gasteiger partial charge >= 0.3 is 6.09 Å². The lowest BCUT2D eigenvalue weighted by Gasteiger charge is -2.22. The molecular formula is C18H37N2O3+. The fraction of sp³-hybridized carbons (Fsp3) is 0.889. The molecule has 0 spiro atoms. The van der Waals surface area contributed by atoms with Crippen LogP contribution in [0, 0.1) is 0 Å². The summed E-state index contributed by atoms with van der Waals surface area (Å²) in [7, 11) is 3.32. The van der Waals surface area contributed by atoms with Gasteiger partial charge in [-0.25, -0.2) is 4.48 Å². The fourth-order valence-corrected chi connectivity index (χ4v) is 2.48. The van der Waals surface area contributed by atoms with Crippen molar-refractivity contribution < 1.29 is 19.2 Å². The summed E-state index contributed by atoms with van der Waals surface area (Å²) in [6, 6.07) is 0. The Bertz CT molecular complexity index is 330. The van der Waals surface area contributed by atoms with Gasteiger partial charge in [0, 0.05) is 19.4 Å². The van der Waals surface area contributed by atoms with Gasteiger partial charge in [0.15, 0.2) is 0 Å². The van der Waals surface area contributed by atoms with Gasteiger partial charge in [0.1, 0.15) is 0 Å². The second-order valence-corrected chi connectivity index (χ2v) is 6.97. The SMILES string of the molecule is CCCCCCCCCCCC(=O)NCCC[N+](C)(C)C(=O)O. The second-order valence-electron chi connectivity index (χ2n) is 6.97. The maximum absolute atomic E-state index is 11.7. The average molecular weight is 330 g/mol. The van der Waals surface area contributed by atoms with Crippen LogP contribution in [0.1, 0.15) is 77.6 Å². The van der Waals surface area contributed by atoms with E-state index in [0.29, 0.717) is 25.9 Å². The number of rotatable bonds is 14. The first-order valence-corrected chi connectivity index (χ1v) is 9.23. The number of amides is 2. The lowest BCUT2D eigenvalue weighted by Crippen LogP contribution is -2.46.